The molecule has 0 rings (SSSR count). The molecular weight excluding hydrogens is 512 g/mol. The standard InChI is InChI=1S/C40H72O2/c1-7-8-9-10-11-12-13-14-15-16-17-18-19-20-21-22-23-33-40(41)42-35-34-39(6)32-26-31-38(5)30-25-29-37(4)28-24-27-36(2)3/h17-23,33,36-39H,7-16,24-32,34-35H2,1-6H3/b18-17+,20-19+,22-21+,33-23+. The number of hydrogen-bond acceptors (Lipinski definition) is 2. The lowest BCUT2D eigenvalue weighted by molar-refractivity contribution is -0.138. The van der Waals surface area contributed by atoms with Gasteiger partial charge in [0, 0.05) is 6.08 Å². The maximum Gasteiger partial charge on any atom is 0.330 e. The van der Waals surface area contributed by atoms with Gasteiger partial charge in [0.25, 0.3) is 0 Å². The predicted octanol–water partition coefficient (Wildman–Crippen LogP) is 13.1. The molecule has 0 aromatic carbocycles. The third-order valence-corrected chi connectivity index (χ3v) is 8.52. The minimum Gasteiger partial charge on any atom is -0.463 e. The molecule has 0 fully saturated rings. The summed E-state index contributed by atoms with van der Waals surface area (Å²) in [6.45, 7) is 14.6. The smallest absolute Gasteiger partial charge is 0.330 e. The first kappa shape index (κ1) is 40.4. The first-order valence-electron chi connectivity index (χ1n) is 18.2. The average molecular weight is 585 g/mol. The van der Waals surface area contributed by atoms with Crippen molar-refractivity contribution in [1.82, 2.24) is 0 Å². The van der Waals surface area contributed by atoms with Gasteiger partial charge in [-0.05, 0) is 42.9 Å². The molecule has 0 saturated carbocycles. The molecule has 2 heteroatoms. The lowest BCUT2D eigenvalue weighted by Crippen LogP contribution is -2.07. The topological polar surface area (TPSA) is 26.3 Å². The zero-order chi connectivity index (χ0) is 31.1. The van der Waals surface area contributed by atoms with Crippen molar-refractivity contribution in [2.75, 3.05) is 6.61 Å². The fraction of sp³-hybridized carbons (Fsp3) is 0.775. The Morgan fingerprint density at radius 2 is 0.976 bits per heavy atom. The van der Waals surface area contributed by atoms with Crippen LogP contribution in [0.5, 0.6) is 0 Å². The van der Waals surface area contributed by atoms with Gasteiger partial charge in [-0.2, -0.15) is 0 Å². The van der Waals surface area contributed by atoms with Gasteiger partial charge in [0.2, 0.25) is 0 Å². The summed E-state index contributed by atoms with van der Waals surface area (Å²) in [5.41, 5.74) is 0. The molecule has 244 valence electrons. The Morgan fingerprint density at radius 3 is 1.52 bits per heavy atom. The van der Waals surface area contributed by atoms with E-state index in [-0.39, 0.29) is 5.97 Å². The lowest BCUT2D eigenvalue weighted by atomic mass is 9.91. The van der Waals surface area contributed by atoms with Crippen molar-refractivity contribution >= 4 is 5.97 Å². The quantitative estimate of drug-likeness (QED) is 0.0378. The number of unbranched alkanes of at least 4 members (excludes halogenated alkanes) is 9. The minimum absolute atomic E-state index is 0.247. The van der Waals surface area contributed by atoms with Gasteiger partial charge < -0.3 is 4.74 Å². The van der Waals surface area contributed by atoms with Crippen molar-refractivity contribution in [3.05, 3.63) is 48.6 Å². The van der Waals surface area contributed by atoms with E-state index in [1.54, 1.807) is 6.08 Å². The molecule has 0 saturated heterocycles. The van der Waals surface area contributed by atoms with Gasteiger partial charge in [0.15, 0.2) is 0 Å². The van der Waals surface area contributed by atoms with Crippen molar-refractivity contribution in [3.63, 3.8) is 0 Å². The Hall–Kier alpha value is -1.57. The number of rotatable bonds is 29. The molecule has 0 heterocycles. The average Bonchev–Trinajstić information content (AvgIpc) is 2.94. The highest BCUT2D eigenvalue weighted by Gasteiger charge is 2.09. The van der Waals surface area contributed by atoms with Crippen LogP contribution in [0.25, 0.3) is 0 Å². The van der Waals surface area contributed by atoms with Crippen molar-refractivity contribution in [2.24, 2.45) is 23.7 Å². The van der Waals surface area contributed by atoms with E-state index in [0.717, 1.165) is 30.6 Å². The fourth-order valence-electron chi connectivity index (χ4n) is 5.48. The molecule has 42 heavy (non-hydrogen) atoms. The Labute approximate surface area is 263 Å². The second kappa shape index (κ2) is 30.9. The number of esters is 1. The molecule has 3 unspecified atom stereocenters. The molecule has 0 N–H and O–H groups in total. The summed E-state index contributed by atoms with van der Waals surface area (Å²) in [5, 5.41) is 0. The van der Waals surface area contributed by atoms with Crippen molar-refractivity contribution < 1.29 is 9.53 Å². The van der Waals surface area contributed by atoms with Crippen LogP contribution >= 0.6 is 0 Å². The lowest BCUT2D eigenvalue weighted by Gasteiger charge is -2.16. The van der Waals surface area contributed by atoms with E-state index in [0.29, 0.717) is 12.5 Å². The number of carbonyl (C=O) groups excluding carboxylic acids is 1. The third kappa shape index (κ3) is 31.4. The molecule has 2 nitrogen and oxygen atoms in total. The van der Waals surface area contributed by atoms with Crippen LogP contribution in [0.15, 0.2) is 48.6 Å². The SMILES string of the molecule is CCCCCCCCCCC/C=C/C=C/C=C/C=C/C(=O)OCCC(C)CCCC(C)CCCC(C)CCCC(C)C. The molecule has 0 amide bonds. The van der Waals surface area contributed by atoms with Crippen LogP contribution in [0.1, 0.15) is 170 Å². The van der Waals surface area contributed by atoms with Gasteiger partial charge in [-0.25, -0.2) is 4.79 Å². The van der Waals surface area contributed by atoms with E-state index >= 15 is 0 Å². The molecule has 0 bridgehead atoms. The molecule has 0 spiro atoms. The summed E-state index contributed by atoms with van der Waals surface area (Å²) < 4.78 is 5.40. The highest BCUT2D eigenvalue weighted by Crippen LogP contribution is 2.22. The van der Waals surface area contributed by atoms with E-state index < -0.39 is 0 Å². The highest BCUT2D eigenvalue weighted by atomic mass is 16.5. The van der Waals surface area contributed by atoms with Gasteiger partial charge in [-0.1, -0.05) is 193 Å². The van der Waals surface area contributed by atoms with Crippen LogP contribution in [0.3, 0.4) is 0 Å². The largest absolute Gasteiger partial charge is 0.463 e. The zero-order valence-corrected chi connectivity index (χ0v) is 29.1. The van der Waals surface area contributed by atoms with E-state index in [2.05, 4.69) is 59.8 Å². The van der Waals surface area contributed by atoms with Crippen LogP contribution in [-0.4, -0.2) is 12.6 Å². The zero-order valence-electron chi connectivity index (χ0n) is 29.1. The Balaban J connectivity index is 3.70. The number of ether oxygens (including phenoxy) is 1. The Morgan fingerprint density at radius 1 is 0.524 bits per heavy atom. The predicted molar refractivity (Wildman–Crippen MR) is 188 cm³/mol. The molecule has 0 radical (unpaired) electrons. The summed E-state index contributed by atoms with van der Waals surface area (Å²) in [5.74, 6) is 2.91. The number of hydrogen-bond donors (Lipinski definition) is 0. The van der Waals surface area contributed by atoms with Crippen LogP contribution in [0.2, 0.25) is 0 Å². The second-order valence-corrected chi connectivity index (χ2v) is 13.6. The molecular formula is C40H72O2. The van der Waals surface area contributed by atoms with Crippen LogP contribution in [-0.2, 0) is 9.53 Å². The molecule has 0 aliphatic carbocycles. The van der Waals surface area contributed by atoms with Gasteiger partial charge in [-0.3, -0.25) is 0 Å². The molecule has 0 aliphatic rings. The van der Waals surface area contributed by atoms with Crippen LogP contribution in [0, 0.1) is 23.7 Å². The summed E-state index contributed by atoms with van der Waals surface area (Å²) >= 11 is 0. The number of carbonyl (C=O) groups is 1. The maximum atomic E-state index is 12.0. The van der Waals surface area contributed by atoms with E-state index in [9.17, 15) is 4.79 Å². The van der Waals surface area contributed by atoms with Crippen molar-refractivity contribution in [3.8, 4) is 0 Å². The fourth-order valence-corrected chi connectivity index (χ4v) is 5.48. The first-order chi connectivity index (χ1) is 20.3. The molecule has 0 aromatic heterocycles. The monoisotopic (exact) mass is 585 g/mol. The summed E-state index contributed by atoms with van der Waals surface area (Å²) in [4.78, 5) is 12.0. The van der Waals surface area contributed by atoms with E-state index in [1.165, 1.54) is 122 Å². The third-order valence-electron chi connectivity index (χ3n) is 8.52. The minimum atomic E-state index is -0.247. The summed E-state index contributed by atoms with van der Waals surface area (Å²) in [7, 11) is 0. The Kier molecular flexibility index (Phi) is 29.7. The van der Waals surface area contributed by atoms with Crippen LogP contribution in [0.4, 0.5) is 0 Å². The number of allylic oxidation sites excluding steroid dienone is 7. The molecule has 0 aromatic rings. The van der Waals surface area contributed by atoms with Crippen molar-refractivity contribution in [2.45, 2.75) is 170 Å². The van der Waals surface area contributed by atoms with Crippen molar-refractivity contribution in [1.29, 1.82) is 0 Å². The van der Waals surface area contributed by atoms with Crippen LogP contribution < -0.4 is 0 Å². The van der Waals surface area contributed by atoms with Gasteiger partial charge in [-0.15, -0.1) is 0 Å². The van der Waals surface area contributed by atoms with E-state index in [1.807, 2.05) is 18.2 Å². The van der Waals surface area contributed by atoms with Gasteiger partial charge >= 0.3 is 5.97 Å². The Bertz CT molecular complexity index is 698. The summed E-state index contributed by atoms with van der Waals surface area (Å²) in [6, 6.07) is 0. The van der Waals surface area contributed by atoms with Gasteiger partial charge in [0.05, 0.1) is 6.61 Å². The van der Waals surface area contributed by atoms with E-state index in [4.69, 9.17) is 4.74 Å². The first-order valence-corrected chi connectivity index (χ1v) is 18.2. The maximum absolute atomic E-state index is 12.0. The summed E-state index contributed by atoms with van der Waals surface area (Å²) in [6.07, 6.45) is 42.2. The molecule has 3 atom stereocenters. The molecule has 0 aliphatic heterocycles. The second-order valence-electron chi connectivity index (χ2n) is 13.6. The normalized spacial score (nSPS) is 14.6. The van der Waals surface area contributed by atoms with Gasteiger partial charge in [0.1, 0.15) is 0 Å². The highest BCUT2D eigenvalue weighted by molar-refractivity contribution is 5.82.